The second-order valence-electron chi connectivity index (χ2n) is 6.09. The van der Waals surface area contributed by atoms with Crippen molar-refractivity contribution in [1.29, 1.82) is 0 Å². The molecule has 17 heavy (non-hydrogen) atoms. The summed E-state index contributed by atoms with van der Waals surface area (Å²) in [5.74, 6) is -0.147. The Hall–Kier alpha value is -1.31. The lowest BCUT2D eigenvalue weighted by atomic mass is 9.92. The maximum absolute atomic E-state index is 11.8. The van der Waals surface area contributed by atoms with Gasteiger partial charge in [-0.05, 0) is 24.8 Å². The molecule has 0 radical (unpaired) electrons. The predicted molar refractivity (Wildman–Crippen MR) is 69.6 cm³/mol. The second kappa shape index (κ2) is 4.91. The monoisotopic (exact) mass is 234 g/mol. The number of benzene rings is 1. The number of carbonyl (C=O) groups is 1. The summed E-state index contributed by atoms with van der Waals surface area (Å²) in [7, 11) is 0. The zero-order valence-corrected chi connectivity index (χ0v) is 11.4. The molecule has 0 atom stereocenters. The number of hydrogen-bond donors (Lipinski definition) is 0. The summed E-state index contributed by atoms with van der Waals surface area (Å²) in [6.07, 6.45) is 0.434. The Morgan fingerprint density at radius 1 is 1.06 bits per heavy atom. The molecule has 1 aromatic rings. The Kier molecular flexibility index (Phi) is 3.97. The van der Waals surface area contributed by atoms with Gasteiger partial charge in [0.1, 0.15) is 5.60 Å². The molecule has 94 valence electrons. The van der Waals surface area contributed by atoms with E-state index in [-0.39, 0.29) is 11.4 Å². The van der Waals surface area contributed by atoms with E-state index >= 15 is 0 Å². The van der Waals surface area contributed by atoms with Crippen molar-refractivity contribution in [2.45, 2.75) is 46.6 Å². The molecular weight excluding hydrogens is 212 g/mol. The van der Waals surface area contributed by atoms with Gasteiger partial charge in [-0.2, -0.15) is 0 Å². The molecule has 1 aromatic carbocycles. The van der Waals surface area contributed by atoms with Crippen molar-refractivity contribution in [1.82, 2.24) is 0 Å². The number of esters is 1. The Labute approximate surface area is 104 Å². The van der Waals surface area contributed by atoms with Gasteiger partial charge in [0.05, 0.1) is 6.42 Å². The van der Waals surface area contributed by atoms with Crippen molar-refractivity contribution < 1.29 is 9.53 Å². The molecule has 1 rings (SSSR count). The molecule has 0 heterocycles. The highest BCUT2D eigenvalue weighted by atomic mass is 16.6. The molecule has 0 aliphatic carbocycles. The molecule has 0 unspecified atom stereocenters. The van der Waals surface area contributed by atoms with Gasteiger partial charge in [-0.3, -0.25) is 4.79 Å². The molecule has 0 amide bonds. The molecule has 2 nitrogen and oxygen atoms in total. The fourth-order valence-electron chi connectivity index (χ4n) is 1.65. The normalized spacial score (nSPS) is 12.3. The Morgan fingerprint density at radius 3 is 2.06 bits per heavy atom. The summed E-state index contributed by atoms with van der Waals surface area (Å²) in [4.78, 5) is 11.8. The predicted octanol–water partition coefficient (Wildman–Crippen LogP) is 3.90. The van der Waals surface area contributed by atoms with Gasteiger partial charge in [0, 0.05) is 0 Å². The lowest BCUT2D eigenvalue weighted by Gasteiger charge is -2.27. The number of carbonyl (C=O) groups excluding carboxylic acids is 1. The molecule has 2 heteroatoms. The van der Waals surface area contributed by atoms with Gasteiger partial charge in [0.2, 0.25) is 0 Å². The van der Waals surface area contributed by atoms with Crippen molar-refractivity contribution in [2.75, 3.05) is 0 Å². The quantitative estimate of drug-likeness (QED) is 0.741. The average Bonchev–Trinajstić information content (AvgIpc) is 2.15. The van der Waals surface area contributed by atoms with Crippen LogP contribution in [0.5, 0.6) is 0 Å². The maximum atomic E-state index is 11.8. The van der Waals surface area contributed by atoms with Crippen LogP contribution >= 0.6 is 0 Å². The van der Waals surface area contributed by atoms with Crippen LogP contribution in [0.15, 0.2) is 30.3 Å². The third-order valence-electron chi connectivity index (χ3n) is 2.51. The van der Waals surface area contributed by atoms with Crippen LogP contribution < -0.4 is 0 Å². The highest BCUT2D eigenvalue weighted by Gasteiger charge is 2.27. The fourth-order valence-corrected chi connectivity index (χ4v) is 1.65. The van der Waals surface area contributed by atoms with Crippen LogP contribution in [0.25, 0.3) is 0 Å². The zero-order valence-electron chi connectivity index (χ0n) is 11.4. The van der Waals surface area contributed by atoms with Gasteiger partial charge in [0.15, 0.2) is 0 Å². The first kappa shape index (κ1) is 13.8. The number of rotatable bonds is 3. The topological polar surface area (TPSA) is 26.3 Å². The van der Waals surface area contributed by atoms with Crippen LogP contribution in [-0.2, 0) is 15.1 Å². The second-order valence-corrected chi connectivity index (χ2v) is 6.09. The first-order valence-corrected chi connectivity index (χ1v) is 5.98. The minimum absolute atomic E-state index is 0.0378. The minimum Gasteiger partial charge on any atom is -0.455 e. The molecule has 0 N–H and O–H groups in total. The fraction of sp³-hybridized carbons (Fsp3) is 0.533. The number of ether oxygens (including phenoxy) is 1. The summed E-state index contributed by atoms with van der Waals surface area (Å²) in [6.45, 7) is 9.93. The van der Waals surface area contributed by atoms with Crippen LogP contribution in [-0.4, -0.2) is 5.97 Å². The van der Waals surface area contributed by atoms with Crippen molar-refractivity contribution >= 4 is 5.97 Å². The molecule has 0 aromatic heterocycles. The third kappa shape index (κ3) is 4.59. The number of hydrogen-bond acceptors (Lipinski definition) is 2. The molecule has 0 saturated heterocycles. The lowest BCUT2D eigenvalue weighted by Crippen LogP contribution is -2.27. The average molecular weight is 234 g/mol. The van der Waals surface area contributed by atoms with Crippen molar-refractivity contribution in [3.63, 3.8) is 0 Å². The summed E-state index contributed by atoms with van der Waals surface area (Å²) in [5.41, 5.74) is 0.412. The highest BCUT2D eigenvalue weighted by molar-refractivity contribution is 5.70. The summed E-state index contributed by atoms with van der Waals surface area (Å²) in [5, 5.41) is 0. The lowest BCUT2D eigenvalue weighted by molar-refractivity contribution is -0.159. The largest absolute Gasteiger partial charge is 0.455 e. The van der Waals surface area contributed by atoms with E-state index in [2.05, 4.69) is 0 Å². The van der Waals surface area contributed by atoms with E-state index in [0.29, 0.717) is 6.42 Å². The first-order valence-electron chi connectivity index (χ1n) is 5.98. The van der Waals surface area contributed by atoms with E-state index in [1.165, 1.54) is 0 Å². The maximum Gasteiger partial charge on any atom is 0.307 e. The van der Waals surface area contributed by atoms with Crippen LogP contribution in [0, 0.1) is 5.41 Å². The molecule has 0 fully saturated rings. The molecule has 0 bridgehead atoms. The van der Waals surface area contributed by atoms with E-state index < -0.39 is 5.60 Å². The van der Waals surface area contributed by atoms with E-state index in [0.717, 1.165) is 5.56 Å². The summed E-state index contributed by atoms with van der Waals surface area (Å²) in [6, 6.07) is 9.81. The SMILES string of the molecule is CC(C)(C)CC(=O)OC(C)(C)c1ccccc1. The Bertz CT molecular complexity index is 372. The standard InChI is InChI=1S/C15H22O2/c1-14(2,3)11-13(16)17-15(4,5)12-9-7-6-8-10-12/h6-10H,11H2,1-5H3. The van der Waals surface area contributed by atoms with Crippen LogP contribution in [0.3, 0.4) is 0 Å². The van der Waals surface area contributed by atoms with Gasteiger partial charge >= 0.3 is 5.97 Å². The molecule has 0 spiro atoms. The molecule has 0 aliphatic rings. The van der Waals surface area contributed by atoms with Crippen molar-refractivity contribution in [3.8, 4) is 0 Å². The third-order valence-corrected chi connectivity index (χ3v) is 2.51. The Balaban J connectivity index is 2.71. The van der Waals surface area contributed by atoms with E-state index in [1.807, 2.05) is 65.0 Å². The highest BCUT2D eigenvalue weighted by Crippen LogP contribution is 2.27. The van der Waals surface area contributed by atoms with Gasteiger partial charge in [0.25, 0.3) is 0 Å². The molecule has 0 aliphatic heterocycles. The molecule has 0 saturated carbocycles. The van der Waals surface area contributed by atoms with Crippen LogP contribution in [0.2, 0.25) is 0 Å². The van der Waals surface area contributed by atoms with Crippen molar-refractivity contribution in [2.24, 2.45) is 5.41 Å². The minimum atomic E-state index is -0.566. The summed E-state index contributed by atoms with van der Waals surface area (Å²) < 4.78 is 5.56. The first-order chi connectivity index (χ1) is 7.71. The summed E-state index contributed by atoms with van der Waals surface area (Å²) >= 11 is 0. The van der Waals surface area contributed by atoms with Gasteiger partial charge in [-0.15, -0.1) is 0 Å². The van der Waals surface area contributed by atoms with Gasteiger partial charge in [-0.25, -0.2) is 0 Å². The zero-order chi connectivity index (χ0) is 13.1. The van der Waals surface area contributed by atoms with E-state index in [4.69, 9.17) is 4.74 Å². The smallest absolute Gasteiger partial charge is 0.307 e. The van der Waals surface area contributed by atoms with E-state index in [9.17, 15) is 4.79 Å². The Morgan fingerprint density at radius 2 is 1.59 bits per heavy atom. The van der Waals surface area contributed by atoms with Gasteiger partial charge < -0.3 is 4.74 Å². The molecular formula is C15H22O2. The van der Waals surface area contributed by atoms with Gasteiger partial charge in [-0.1, -0.05) is 51.1 Å². The van der Waals surface area contributed by atoms with Crippen LogP contribution in [0.1, 0.15) is 46.6 Å². The van der Waals surface area contributed by atoms with E-state index in [1.54, 1.807) is 0 Å². The van der Waals surface area contributed by atoms with Crippen molar-refractivity contribution in [3.05, 3.63) is 35.9 Å². The van der Waals surface area contributed by atoms with Crippen LogP contribution in [0.4, 0.5) is 0 Å².